The quantitative estimate of drug-likeness (QED) is 0.462. The zero-order chi connectivity index (χ0) is 23.6. The summed E-state index contributed by atoms with van der Waals surface area (Å²) in [7, 11) is -3.96. The van der Waals surface area contributed by atoms with Gasteiger partial charge in [0.15, 0.2) is 0 Å². The van der Waals surface area contributed by atoms with Crippen molar-refractivity contribution < 1.29 is 22.9 Å². The zero-order valence-corrected chi connectivity index (χ0v) is 18.6. The van der Waals surface area contributed by atoms with E-state index >= 15 is 0 Å². The highest BCUT2D eigenvalue weighted by atomic mass is 32.2. The summed E-state index contributed by atoms with van der Waals surface area (Å²) in [6.07, 6.45) is 1.58. The number of nitrogens with zero attached hydrogens (tertiary/aromatic N) is 5. The number of non-ortho nitro benzene ring substituents is 1. The molecule has 0 unspecified atom stereocenters. The number of carbonyl (C=O) groups excluding carboxylic acids is 1. The topological polar surface area (TPSA) is 152 Å². The zero-order valence-electron chi connectivity index (χ0n) is 17.8. The van der Waals surface area contributed by atoms with Gasteiger partial charge in [-0.1, -0.05) is 0 Å². The van der Waals surface area contributed by atoms with Gasteiger partial charge in [-0.15, -0.1) is 0 Å². The van der Waals surface area contributed by atoms with E-state index in [0.717, 1.165) is 6.07 Å². The van der Waals surface area contributed by atoms with E-state index in [0.29, 0.717) is 43.2 Å². The molecule has 2 aromatic rings. The van der Waals surface area contributed by atoms with Gasteiger partial charge in [0.2, 0.25) is 10.0 Å². The number of sulfonamides is 1. The van der Waals surface area contributed by atoms with Gasteiger partial charge in [-0.05, 0) is 18.2 Å². The molecule has 0 spiro atoms. The van der Waals surface area contributed by atoms with Gasteiger partial charge in [0.25, 0.3) is 11.6 Å². The van der Waals surface area contributed by atoms with Crippen LogP contribution in [0, 0.1) is 10.1 Å². The minimum Gasteiger partial charge on any atom is -0.379 e. The molecule has 2 fully saturated rings. The lowest BCUT2D eigenvalue weighted by Crippen LogP contribution is -2.48. The van der Waals surface area contributed by atoms with Gasteiger partial charge in [0.1, 0.15) is 10.7 Å². The van der Waals surface area contributed by atoms with Crippen LogP contribution in [0.1, 0.15) is 10.4 Å². The molecule has 2 aliphatic heterocycles. The third-order valence-corrected chi connectivity index (χ3v) is 7.64. The Labute approximate surface area is 190 Å². The van der Waals surface area contributed by atoms with Gasteiger partial charge >= 0.3 is 0 Å². The molecule has 2 N–H and O–H groups in total. The number of benzene rings is 1. The lowest BCUT2D eigenvalue weighted by atomic mass is 10.2. The number of anilines is 2. The summed E-state index contributed by atoms with van der Waals surface area (Å²) in [6, 6.07) is 7.16. The van der Waals surface area contributed by atoms with E-state index < -0.39 is 20.9 Å². The Balaban J connectivity index is 1.62. The molecule has 0 aliphatic carbocycles. The minimum absolute atomic E-state index is 0.0947. The first-order valence-electron chi connectivity index (χ1n) is 10.4. The van der Waals surface area contributed by atoms with Gasteiger partial charge in [0.05, 0.1) is 29.4 Å². The lowest BCUT2D eigenvalue weighted by molar-refractivity contribution is -0.385. The highest BCUT2D eigenvalue weighted by Crippen LogP contribution is 2.33. The van der Waals surface area contributed by atoms with Crippen molar-refractivity contribution >= 4 is 33.1 Å². The van der Waals surface area contributed by atoms with Gasteiger partial charge in [0, 0.05) is 57.6 Å². The van der Waals surface area contributed by atoms with Crippen molar-refractivity contribution in [3.05, 3.63) is 52.2 Å². The molecule has 13 heteroatoms. The van der Waals surface area contributed by atoms with Crippen LogP contribution in [-0.4, -0.2) is 81.0 Å². The highest BCUT2D eigenvalue weighted by Gasteiger charge is 2.33. The van der Waals surface area contributed by atoms with Crippen molar-refractivity contribution in [2.45, 2.75) is 4.90 Å². The predicted octanol–water partition coefficient (Wildman–Crippen LogP) is 0.436. The van der Waals surface area contributed by atoms with E-state index in [2.05, 4.69) is 4.98 Å². The van der Waals surface area contributed by atoms with Crippen molar-refractivity contribution in [2.75, 3.05) is 62.3 Å². The fourth-order valence-electron chi connectivity index (χ4n) is 4.01. The number of hydrogen-bond donors (Lipinski definition) is 1. The molecular weight excluding hydrogens is 452 g/mol. The summed E-state index contributed by atoms with van der Waals surface area (Å²) in [6.45, 7) is 2.71. The molecule has 0 bridgehead atoms. The predicted molar refractivity (Wildman–Crippen MR) is 120 cm³/mol. The number of amides is 1. The van der Waals surface area contributed by atoms with Gasteiger partial charge < -0.3 is 20.3 Å². The molecule has 33 heavy (non-hydrogen) atoms. The fourth-order valence-corrected chi connectivity index (χ4v) is 5.65. The van der Waals surface area contributed by atoms with Crippen LogP contribution in [0.5, 0.6) is 0 Å². The minimum atomic E-state index is -3.96. The van der Waals surface area contributed by atoms with Gasteiger partial charge in [-0.2, -0.15) is 4.31 Å². The second kappa shape index (κ2) is 9.29. The number of nitro benzene ring substituents is 1. The number of piperazine rings is 1. The Kier molecular flexibility index (Phi) is 6.44. The Morgan fingerprint density at radius 1 is 1.06 bits per heavy atom. The molecule has 1 aromatic carbocycles. The molecule has 2 aliphatic rings. The van der Waals surface area contributed by atoms with Crippen molar-refractivity contribution in [1.29, 1.82) is 0 Å². The Bertz CT molecular complexity index is 1160. The number of carbonyl (C=O) groups is 1. The summed E-state index contributed by atoms with van der Waals surface area (Å²) < 4.78 is 33.3. The Morgan fingerprint density at radius 3 is 2.36 bits per heavy atom. The molecule has 12 nitrogen and oxygen atoms in total. The number of hydrogen-bond acceptors (Lipinski definition) is 9. The molecule has 2 saturated heterocycles. The molecule has 0 radical (unpaired) electrons. The number of rotatable bonds is 6. The summed E-state index contributed by atoms with van der Waals surface area (Å²) in [4.78, 5) is 30.5. The number of nitro groups is 1. The van der Waals surface area contributed by atoms with E-state index in [1.54, 1.807) is 18.3 Å². The van der Waals surface area contributed by atoms with E-state index in [4.69, 9.17) is 10.5 Å². The molecule has 0 saturated carbocycles. The first-order chi connectivity index (χ1) is 15.8. The van der Waals surface area contributed by atoms with Crippen molar-refractivity contribution in [2.24, 2.45) is 5.73 Å². The lowest BCUT2D eigenvalue weighted by Gasteiger charge is -2.38. The normalized spacial score (nSPS) is 17.7. The number of pyridine rings is 1. The van der Waals surface area contributed by atoms with Gasteiger partial charge in [-0.25, -0.2) is 13.4 Å². The second-order valence-electron chi connectivity index (χ2n) is 7.64. The average molecular weight is 477 g/mol. The maximum absolute atomic E-state index is 13.4. The fraction of sp³-hybridized carbons (Fsp3) is 0.400. The van der Waals surface area contributed by atoms with Crippen LogP contribution in [0.15, 0.2) is 41.4 Å². The number of nitrogens with two attached hydrogens (primary N) is 1. The van der Waals surface area contributed by atoms with E-state index in [1.165, 1.54) is 16.4 Å². The van der Waals surface area contributed by atoms with Crippen molar-refractivity contribution in [1.82, 2.24) is 9.29 Å². The number of primary amides is 1. The van der Waals surface area contributed by atoms with Crippen LogP contribution in [0.25, 0.3) is 0 Å². The molecule has 1 amide bonds. The monoisotopic (exact) mass is 476 g/mol. The maximum atomic E-state index is 13.4. The van der Waals surface area contributed by atoms with Gasteiger partial charge in [-0.3, -0.25) is 14.9 Å². The summed E-state index contributed by atoms with van der Waals surface area (Å²) >= 11 is 0. The van der Waals surface area contributed by atoms with E-state index in [-0.39, 0.29) is 36.9 Å². The maximum Gasteiger partial charge on any atom is 0.270 e. The van der Waals surface area contributed by atoms with Crippen molar-refractivity contribution in [3.63, 3.8) is 0 Å². The Hall–Kier alpha value is -3.29. The summed E-state index contributed by atoms with van der Waals surface area (Å²) in [5.74, 6) is -0.0932. The average Bonchev–Trinajstić information content (AvgIpc) is 2.84. The van der Waals surface area contributed by atoms with E-state index in [1.807, 2.05) is 9.80 Å². The largest absolute Gasteiger partial charge is 0.379 e. The second-order valence-corrected chi connectivity index (χ2v) is 9.54. The van der Waals surface area contributed by atoms with Crippen LogP contribution < -0.4 is 15.5 Å². The SMILES string of the molecule is NC(=O)c1cccnc1N1CCN(c2ccc([N+](=O)[O-])cc2S(=O)(=O)N2CCOCC2)CC1. The number of morpholine rings is 1. The Morgan fingerprint density at radius 2 is 1.73 bits per heavy atom. The molecule has 4 rings (SSSR count). The van der Waals surface area contributed by atoms with Crippen molar-refractivity contribution in [3.8, 4) is 0 Å². The summed E-state index contributed by atoms with van der Waals surface area (Å²) in [5.41, 5.74) is 5.90. The van der Waals surface area contributed by atoms with Crippen LogP contribution in [-0.2, 0) is 14.8 Å². The smallest absolute Gasteiger partial charge is 0.270 e. The highest BCUT2D eigenvalue weighted by molar-refractivity contribution is 7.89. The molecule has 1 aromatic heterocycles. The number of aromatic nitrogens is 1. The first kappa shape index (κ1) is 22.9. The van der Waals surface area contributed by atoms with Crippen LogP contribution in [0.4, 0.5) is 17.2 Å². The molecule has 3 heterocycles. The number of ether oxygens (including phenoxy) is 1. The first-order valence-corrected chi connectivity index (χ1v) is 11.8. The molecule has 176 valence electrons. The third kappa shape index (κ3) is 4.60. The third-order valence-electron chi connectivity index (χ3n) is 5.71. The summed E-state index contributed by atoms with van der Waals surface area (Å²) in [5, 5.41) is 11.3. The van der Waals surface area contributed by atoms with Crippen LogP contribution >= 0.6 is 0 Å². The molecular formula is C20H24N6O6S. The van der Waals surface area contributed by atoms with Crippen LogP contribution in [0.2, 0.25) is 0 Å². The molecule has 0 atom stereocenters. The van der Waals surface area contributed by atoms with E-state index in [9.17, 15) is 23.3 Å². The standard InChI is InChI=1S/C20H24N6O6S/c21-19(27)16-2-1-5-22-20(16)24-8-6-23(7-9-24)17-4-3-15(26(28)29)14-18(17)33(30,31)25-10-12-32-13-11-25/h1-5,14H,6-13H2,(H2,21,27). The van der Waals surface area contributed by atoms with Crippen LogP contribution in [0.3, 0.4) is 0 Å².